The molecule has 17 heavy (non-hydrogen) atoms. The highest BCUT2D eigenvalue weighted by Gasteiger charge is 2.30. The van der Waals surface area contributed by atoms with Gasteiger partial charge in [0.15, 0.2) is 5.82 Å². The molecule has 0 saturated heterocycles. The lowest BCUT2D eigenvalue weighted by Gasteiger charge is -1.90. The van der Waals surface area contributed by atoms with Crippen molar-refractivity contribution in [3.63, 3.8) is 0 Å². The van der Waals surface area contributed by atoms with Crippen LogP contribution in [-0.2, 0) is 17.6 Å². The Bertz CT molecular complexity index is 514. The highest BCUT2D eigenvalue weighted by molar-refractivity contribution is 7.09. The molecule has 5 heteroatoms. The van der Waals surface area contributed by atoms with E-state index in [0.717, 1.165) is 12.8 Å². The zero-order valence-electron chi connectivity index (χ0n) is 9.26. The molecule has 2 aromatic rings. The van der Waals surface area contributed by atoms with Gasteiger partial charge in [0.1, 0.15) is 5.78 Å². The van der Waals surface area contributed by atoms with Gasteiger partial charge in [-0.2, -0.15) is 4.98 Å². The van der Waals surface area contributed by atoms with Gasteiger partial charge in [-0.3, -0.25) is 4.79 Å². The van der Waals surface area contributed by atoms with E-state index < -0.39 is 0 Å². The Balaban J connectivity index is 1.63. The third kappa shape index (κ3) is 2.61. The number of carbonyl (C=O) groups excluding carboxylic acids is 1. The molecule has 0 N–H and O–H groups in total. The Labute approximate surface area is 103 Å². The molecule has 0 atom stereocenters. The number of hydrogen-bond donors (Lipinski definition) is 0. The highest BCUT2D eigenvalue weighted by Crippen LogP contribution is 2.30. The van der Waals surface area contributed by atoms with Crippen molar-refractivity contribution in [2.75, 3.05) is 0 Å². The van der Waals surface area contributed by atoms with Gasteiger partial charge in [0.05, 0.1) is 6.42 Å². The van der Waals surface area contributed by atoms with Crippen LogP contribution in [-0.4, -0.2) is 15.9 Å². The van der Waals surface area contributed by atoms with E-state index in [-0.39, 0.29) is 11.7 Å². The molecule has 1 saturated carbocycles. The second kappa shape index (κ2) is 4.41. The van der Waals surface area contributed by atoms with Crippen molar-refractivity contribution in [1.29, 1.82) is 0 Å². The van der Waals surface area contributed by atoms with Gasteiger partial charge < -0.3 is 4.52 Å². The van der Waals surface area contributed by atoms with Crippen LogP contribution < -0.4 is 0 Å². The van der Waals surface area contributed by atoms with Gasteiger partial charge in [-0.1, -0.05) is 11.2 Å². The topological polar surface area (TPSA) is 56.0 Å². The molecule has 0 radical (unpaired) electrons. The van der Waals surface area contributed by atoms with Crippen LogP contribution >= 0.6 is 11.3 Å². The molecule has 4 nitrogen and oxygen atoms in total. The van der Waals surface area contributed by atoms with Gasteiger partial charge in [-0.25, -0.2) is 0 Å². The Morgan fingerprint density at radius 1 is 1.53 bits per heavy atom. The number of carbonyl (C=O) groups is 1. The molecule has 2 heterocycles. The van der Waals surface area contributed by atoms with Crippen LogP contribution in [0, 0.1) is 5.92 Å². The van der Waals surface area contributed by atoms with Crippen LogP contribution in [0.3, 0.4) is 0 Å². The van der Waals surface area contributed by atoms with Gasteiger partial charge in [0.2, 0.25) is 5.89 Å². The Morgan fingerprint density at radius 2 is 2.41 bits per heavy atom. The number of rotatable bonds is 5. The summed E-state index contributed by atoms with van der Waals surface area (Å²) in [4.78, 5) is 17.0. The maximum Gasteiger partial charge on any atom is 0.234 e. The van der Waals surface area contributed by atoms with E-state index in [2.05, 4.69) is 10.1 Å². The predicted octanol–water partition coefficient (Wildman–Crippen LogP) is 2.24. The summed E-state index contributed by atoms with van der Waals surface area (Å²) < 4.78 is 5.08. The van der Waals surface area contributed by atoms with E-state index in [4.69, 9.17) is 4.52 Å². The molecule has 0 spiro atoms. The zero-order valence-corrected chi connectivity index (χ0v) is 10.1. The summed E-state index contributed by atoms with van der Waals surface area (Å²) in [7, 11) is 0. The lowest BCUT2D eigenvalue weighted by Crippen LogP contribution is -2.04. The van der Waals surface area contributed by atoms with E-state index in [1.807, 2.05) is 17.5 Å². The van der Waals surface area contributed by atoms with Crippen molar-refractivity contribution < 1.29 is 9.32 Å². The average Bonchev–Trinajstić information content (AvgIpc) is 2.89. The van der Waals surface area contributed by atoms with Crippen LogP contribution in [0.25, 0.3) is 0 Å². The summed E-state index contributed by atoms with van der Waals surface area (Å²) in [6.07, 6.45) is 3.02. The Kier molecular flexibility index (Phi) is 2.76. The fourth-order valence-electron chi connectivity index (χ4n) is 1.70. The quantitative estimate of drug-likeness (QED) is 0.814. The smallest absolute Gasteiger partial charge is 0.234 e. The van der Waals surface area contributed by atoms with Gasteiger partial charge in [-0.15, -0.1) is 11.3 Å². The van der Waals surface area contributed by atoms with Crippen molar-refractivity contribution in [2.24, 2.45) is 5.92 Å². The lowest BCUT2D eigenvalue weighted by molar-refractivity contribution is -0.119. The van der Waals surface area contributed by atoms with Crippen LogP contribution in [0.5, 0.6) is 0 Å². The number of Topliss-reactive ketones (excluding diaryl/α,β-unsaturated/α-hetero) is 1. The summed E-state index contributed by atoms with van der Waals surface area (Å²) in [5, 5.41) is 5.91. The Morgan fingerprint density at radius 3 is 3.12 bits per heavy atom. The third-order valence-electron chi connectivity index (χ3n) is 2.78. The first-order valence-electron chi connectivity index (χ1n) is 5.68. The van der Waals surface area contributed by atoms with E-state index in [1.165, 1.54) is 4.88 Å². The van der Waals surface area contributed by atoms with Crippen molar-refractivity contribution in [3.8, 4) is 0 Å². The maximum atomic E-state index is 11.6. The molecular weight excluding hydrogens is 236 g/mol. The fraction of sp³-hybridized carbons (Fsp3) is 0.417. The standard InChI is InChI=1S/C12H12N2O2S/c15-10(8-3-4-8)7-12-13-11(14-16-12)6-9-2-1-5-17-9/h1-2,5,8H,3-4,6-7H2. The van der Waals surface area contributed by atoms with E-state index in [9.17, 15) is 4.79 Å². The molecule has 0 bridgehead atoms. The number of thiophene rings is 1. The van der Waals surface area contributed by atoms with Crippen LogP contribution in [0.4, 0.5) is 0 Å². The molecular formula is C12H12N2O2S. The monoisotopic (exact) mass is 248 g/mol. The van der Waals surface area contributed by atoms with Crippen molar-refractivity contribution in [3.05, 3.63) is 34.1 Å². The summed E-state index contributed by atoms with van der Waals surface area (Å²) in [6, 6.07) is 4.04. The van der Waals surface area contributed by atoms with Gasteiger partial charge in [0.25, 0.3) is 0 Å². The molecule has 2 aromatic heterocycles. The molecule has 1 fully saturated rings. The molecule has 0 aromatic carbocycles. The molecule has 1 aliphatic carbocycles. The minimum absolute atomic E-state index is 0.233. The average molecular weight is 248 g/mol. The SMILES string of the molecule is O=C(Cc1nc(Cc2cccs2)no1)C1CC1. The zero-order chi connectivity index (χ0) is 11.7. The summed E-state index contributed by atoms with van der Waals surface area (Å²) >= 11 is 1.67. The van der Waals surface area contributed by atoms with Crippen LogP contribution in [0.2, 0.25) is 0 Å². The van der Waals surface area contributed by atoms with Crippen molar-refractivity contribution in [2.45, 2.75) is 25.7 Å². The summed E-state index contributed by atoms with van der Waals surface area (Å²) in [5.74, 6) is 1.60. The molecule has 88 valence electrons. The van der Waals surface area contributed by atoms with Gasteiger partial charge in [0, 0.05) is 17.2 Å². The number of aromatic nitrogens is 2. The second-order valence-electron chi connectivity index (χ2n) is 4.28. The predicted molar refractivity (Wildman–Crippen MR) is 62.9 cm³/mol. The number of ketones is 1. The van der Waals surface area contributed by atoms with Crippen molar-refractivity contribution >= 4 is 17.1 Å². The lowest BCUT2D eigenvalue weighted by atomic mass is 10.2. The van der Waals surface area contributed by atoms with Crippen molar-refractivity contribution in [1.82, 2.24) is 10.1 Å². The molecule has 1 aliphatic rings. The first kappa shape index (κ1) is 10.7. The first-order chi connectivity index (χ1) is 8.31. The molecule has 0 unspecified atom stereocenters. The Hall–Kier alpha value is -1.49. The minimum Gasteiger partial charge on any atom is -0.339 e. The molecule has 0 aliphatic heterocycles. The summed E-state index contributed by atoms with van der Waals surface area (Å²) in [5.41, 5.74) is 0. The van der Waals surface area contributed by atoms with E-state index in [0.29, 0.717) is 24.6 Å². The van der Waals surface area contributed by atoms with Crippen LogP contribution in [0.15, 0.2) is 22.0 Å². The van der Waals surface area contributed by atoms with E-state index >= 15 is 0 Å². The van der Waals surface area contributed by atoms with Gasteiger partial charge >= 0.3 is 0 Å². The molecule has 0 amide bonds. The largest absolute Gasteiger partial charge is 0.339 e. The third-order valence-corrected chi connectivity index (χ3v) is 3.66. The first-order valence-corrected chi connectivity index (χ1v) is 6.56. The normalized spacial score (nSPS) is 15.1. The second-order valence-corrected chi connectivity index (χ2v) is 5.31. The minimum atomic E-state index is 0.233. The molecule has 3 rings (SSSR count). The fourth-order valence-corrected chi connectivity index (χ4v) is 2.40. The van der Waals surface area contributed by atoms with E-state index in [1.54, 1.807) is 11.3 Å². The van der Waals surface area contributed by atoms with Crippen LogP contribution in [0.1, 0.15) is 29.4 Å². The number of hydrogen-bond acceptors (Lipinski definition) is 5. The summed E-state index contributed by atoms with van der Waals surface area (Å²) in [6.45, 7) is 0. The van der Waals surface area contributed by atoms with Gasteiger partial charge in [-0.05, 0) is 24.3 Å². The highest BCUT2D eigenvalue weighted by atomic mass is 32.1. The number of nitrogens with zero attached hydrogens (tertiary/aromatic N) is 2. The maximum absolute atomic E-state index is 11.6.